The van der Waals surface area contributed by atoms with E-state index in [1.165, 1.54) is 5.57 Å². The zero-order valence-corrected chi connectivity index (χ0v) is 14.9. The molecule has 2 aliphatic heterocycles. The van der Waals surface area contributed by atoms with Crippen LogP contribution >= 0.6 is 0 Å². The predicted octanol–water partition coefficient (Wildman–Crippen LogP) is 2.86. The number of aliphatic hydroxyl groups excluding tert-OH is 1. The standard InChI is InChI=1S/C21H23NO4/c1-24-20-4-2-3-17-10-16(14-26-21(17)20)11-22-7-8-25-19-6-5-15(13-23)9-18(19)12-22/h2-6,9-10,23H,7-8,11-14H2,1H3. The molecule has 4 rings (SSSR count). The van der Waals surface area contributed by atoms with Gasteiger partial charge in [0, 0.05) is 30.8 Å². The monoisotopic (exact) mass is 353 g/mol. The van der Waals surface area contributed by atoms with E-state index in [1.54, 1.807) is 7.11 Å². The highest BCUT2D eigenvalue weighted by atomic mass is 16.5. The zero-order valence-electron chi connectivity index (χ0n) is 14.9. The third-order valence-electron chi connectivity index (χ3n) is 4.78. The van der Waals surface area contributed by atoms with Crippen molar-refractivity contribution in [2.45, 2.75) is 13.2 Å². The van der Waals surface area contributed by atoms with Crippen LogP contribution < -0.4 is 14.2 Å². The maximum Gasteiger partial charge on any atom is 0.168 e. The molecule has 0 saturated heterocycles. The van der Waals surface area contributed by atoms with E-state index < -0.39 is 0 Å². The van der Waals surface area contributed by atoms with Crippen molar-refractivity contribution in [1.29, 1.82) is 0 Å². The summed E-state index contributed by atoms with van der Waals surface area (Å²) in [6, 6.07) is 11.8. The molecular weight excluding hydrogens is 330 g/mol. The van der Waals surface area contributed by atoms with Gasteiger partial charge in [0.2, 0.25) is 0 Å². The fourth-order valence-corrected chi connectivity index (χ4v) is 3.50. The molecule has 1 N–H and O–H groups in total. The summed E-state index contributed by atoms with van der Waals surface area (Å²) in [4.78, 5) is 2.35. The molecule has 0 fully saturated rings. The van der Waals surface area contributed by atoms with Crippen LogP contribution in [0.1, 0.15) is 16.7 Å². The minimum Gasteiger partial charge on any atom is -0.493 e. The summed E-state index contributed by atoms with van der Waals surface area (Å²) in [6.45, 7) is 3.74. The van der Waals surface area contributed by atoms with Crippen molar-refractivity contribution in [3.05, 3.63) is 58.7 Å². The molecule has 5 nitrogen and oxygen atoms in total. The SMILES string of the molecule is COc1cccc2c1OCC(CN1CCOc3ccc(CO)cc3C1)=C2. The van der Waals surface area contributed by atoms with Crippen molar-refractivity contribution < 1.29 is 19.3 Å². The predicted molar refractivity (Wildman–Crippen MR) is 99.6 cm³/mol. The summed E-state index contributed by atoms with van der Waals surface area (Å²) < 4.78 is 17.2. The lowest BCUT2D eigenvalue weighted by molar-refractivity contribution is 0.229. The maximum atomic E-state index is 9.38. The van der Waals surface area contributed by atoms with Crippen LogP contribution in [0.15, 0.2) is 42.0 Å². The molecule has 26 heavy (non-hydrogen) atoms. The van der Waals surface area contributed by atoms with E-state index in [4.69, 9.17) is 14.2 Å². The summed E-state index contributed by atoms with van der Waals surface area (Å²) in [5.41, 5.74) is 4.32. The lowest BCUT2D eigenvalue weighted by Crippen LogP contribution is -2.30. The van der Waals surface area contributed by atoms with Crippen molar-refractivity contribution in [3.63, 3.8) is 0 Å². The molecule has 5 heteroatoms. The van der Waals surface area contributed by atoms with E-state index >= 15 is 0 Å². The number of ether oxygens (including phenoxy) is 3. The minimum atomic E-state index is 0.0465. The van der Waals surface area contributed by atoms with Crippen LogP contribution in [-0.4, -0.2) is 43.4 Å². The van der Waals surface area contributed by atoms with Crippen molar-refractivity contribution in [2.75, 3.05) is 33.4 Å². The van der Waals surface area contributed by atoms with Gasteiger partial charge in [-0.2, -0.15) is 0 Å². The molecule has 0 radical (unpaired) electrons. The first-order valence-electron chi connectivity index (χ1n) is 8.84. The number of hydrogen-bond donors (Lipinski definition) is 1. The highest BCUT2D eigenvalue weighted by Gasteiger charge is 2.20. The number of rotatable bonds is 4. The smallest absolute Gasteiger partial charge is 0.168 e. The van der Waals surface area contributed by atoms with Gasteiger partial charge in [-0.3, -0.25) is 4.90 Å². The molecule has 0 aromatic heterocycles. The number of fused-ring (bicyclic) bond motifs is 2. The molecule has 0 aliphatic carbocycles. The van der Waals surface area contributed by atoms with Gasteiger partial charge in [0.1, 0.15) is 19.0 Å². The Morgan fingerprint density at radius 2 is 2.12 bits per heavy atom. The molecular formula is C21H23NO4. The van der Waals surface area contributed by atoms with E-state index in [2.05, 4.69) is 11.0 Å². The molecule has 0 saturated carbocycles. The van der Waals surface area contributed by atoms with Crippen LogP contribution in [0.25, 0.3) is 6.08 Å². The second-order valence-corrected chi connectivity index (χ2v) is 6.63. The van der Waals surface area contributed by atoms with E-state index in [0.29, 0.717) is 13.2 Å². The molecule has 0 atom stereocenters. The van der Waals surface area contributed by atoms with E-state index in [1.807, 2.05) is 36.4 Å². The van der Waals surface area contributed by atoms with Crippen LogP contribution in [0.5, 0.6) is 17.2 Å². The number of methoxy groups -OCH3 is 1. The van der Waals surface area contributed by atoms with Gasteiger partial charge in [-0.05, 0) is 35.4 Å². The number of aliphatic hydroxyl groups is 1. The summed E-state index contributed by atoms with van der Waals surface area (Å²) in [6.07, 6.45) is 2.19. The zero-order chi connectivity index (χ0) is 17.9. The Bertz CT molecular complexity index is 831. The summed E-state index contributed by atoms with van der Waals surface area (Å²) >= 11 is 0. The molecule has 0 amide bonds. The summed E-state index contributed by atoms with van der Waals surface area (Å²) in [5, 5.41) is 9.38. The fraction of sp³-hybridized carbons (Fsp3) is 0.333. The van der Waals surface area contributed by atoms with Gasteiger partial charge in [-0.15, -0.1) is 0 Å². The first-order chi connectivity index (χ1) is 12.8. The van der Waals surface area contributed by atoms with Crippen LogP contribution in [0.4, 0.5) is 0 Å². The molecule has 2 aromatic carbocycles. The molecule has 2 aromatic rings. The second-order valence-electron chi connectivity index (χ2n) is 6.63. The van der Waals surface area contributed by atoms with Gasteiger partial charge in [0.05, 0.1) is 13.7 Å². The number of hydrogen-bond acceptors (Lipinski definition) is 5. The topological polar surface area (TPSA) is 51.2 Å². The number of benzene rings is 2. The quantitative estimate of drug-likeness (QED) is 0.916. The molecule has 136 valence electrons. The Kier molecular flexibility index (Phi) is 4.82. The van der Waals surface area contributed by atoms with Crippen LogP contribution in [0, 0.1) is 0 Å². The van der Waals surface area contributed by atoms with Gasteiger partial charge >= 0.3 is 0 Å². The van der Waals surface area contributed by atoms with Gasteiger partial charge in [-0.25, -0.2) is 0 Å². The fourth-order valence-electron chi connectivity index (χ4n) is 3.50. The Labute approximate surface area is 153 Å². The normalized spacial score (nSPS) is 16.5. The van der Waals surface area contributed by atoms with Crippen LogP contribution in [-0.2, 0) is 13.2 Å². The first-order valence-corrected chi connectivity index (χ1v) is 8.84. The number of nitrogens with zero attached hydrogens (tertiary/aromatic N) is 1. The Hall–Kier alpha value is -2.50. The van der Waals surface area contributed by atoms with Crippen molar-refractivity contribution >= 4 is 6.08 Å². The largest absolute Gasteiger partial charge is 0.493 e. The molecule has 2 aliphatic rings. The van der Waals surface area contributed by atoms with Crippen molar-refractivity contribution in [3.8, 4) is 17.2 Å². The molecule has 2 heterocycles. The van der Waals surface area contributed by atoms with Crippen molar-refractivity contribution in [2.24, 2.45) is 0 Å². The first kappa shape index (κ1) is 16.9. The van der Waals surface area contributed by atoms with Gasteiger partial charge in [0.15, 0.2) is 11.5 Å². The average molecular weight is 353 g/mol. The van der Waals surface area contributed by atoms with Crippen molar-refractivity contribution in [1.82, 2.24) is 4.90 Å². The van der Waals surface area contributed by atoms with E-state index in [-0.39, 0.29) is 6.61 Å². The minimum absolute atomic E-state index is 0.0465. The third kappa shape index (κ3) is 3.41. The third-order valence-corrected chi connectivity index (χ3v) is 4.78. The highest BCUT2D eigenvalue weighted by Crippen LogP contribution is 2.35. The lowest BCUT2D eigenvalue weighted by atomic mass is 10.1. The lowest BCUT2D eigenvalue weighted by Gasteiger charge is -2.25. The second kappa shape index (κ2) is 7.40. The molecule has 0 unspecified atom stereocenters. The Morgan fingerprint density at radius 3 is 2.96 bits per heavy atom. The van der Waals surface area contributed by atoms with Gasteiger partial charge in [0.25, 0.3) is 0 Å². The highest BCUT2D eigenvalue weighted by molar-refractivity contribution is 5.66. The number of para-hydroxylation sites is 1. The van der Waals surface area contributed by atoms with Gasteiger partial charge in [-0.1, -0.05) is 18.2 Å². The van der Waals surface area contributed by atoms with E-state index in [0.717, 1.165) is 53.6 Å². The summed E-state index contributed by atoms with van der Waals surface area (Å²) in [7, 11) is 1.66. The molecule has 0 spiro atoms. The Morgan fingerprint density at radius 1 is 1.19 bits per heavy atom. The summed E-state index contributed by atoms with van der Waals surface area (Å²) in [5.74, 6) is 2.50. The van der Waals surface area contributed by atoms with Crippen LogP contribution in [0.2, 0.25) is 0 Å². The van der Waals surface area contributed by atoms with E-state index in [9.17, 15) is 5.11 Å². The Balaban J connectivity index is 1.53. The van der Waals surface area contributed by atoms with Crippen LogP contribution in [0.3, 0.4) is 0 Å². The maximum absolute atomic E-state index is 9.38. The molecule has 0 bridgehead atoms. The van der Waals surface area contributed by atoms with Gasteiger partial charge < -0.3 is 19.3 Å². The average Bonchev–Trinajstić information content (AvgIpc) is 2.88.